The fraction of sp³-hybridized carbons (Fsp3) is 0.174. The molecule has 0 atom stereocenters. The molecule has 0 saturated carbocycles. The minimum Gasteiger partial charge on any atom is -0.427 e. The lowest BCUT2D eigenvalue weighted by Crippen LogP contribution is -2.08. The molecule has 2 aromatic rings. The van der Waals surface area contributed by atoms with Crippen LogP contribution in [-0.2, 0) is 19.2 Å². The molecule has 0 fully saturated rings. The molecule has 0 bridgehead atoms. The van der Waals surface area contributed by atoms with Gasteiger partial charge in [0.25, 0.3) is 0 Å². The smallest absolute Gasteiger partial charge is 0.308 e. The minimum absolute atomic E-state index is 0.0451. The number of allylic oxidation sites excluding steroid dienone is 1. The maximum atomic E-state index is 12.7. The molecule has 2 rings (SSSR count). The number of rotatable bonds is 7. The lowest BCUT2D eigenvalue weighted by Gasteiger charge is -2.09. The Morgan fingerprint density at radius 3 is 1.62 bits per heavy atom. The van der Waals surface area contributed by atoms with Crippen LogP contribution in [0.25, 0.3) is 6.08 Å². The average Bonchev–Trinajstić information content (AvgIpc) is 2.64. The Kier molecular flexibility index (Phi) is 8.00. The molecule has 0 radical (unpaired) electrons. The highest BCUT2D eigenvalue weighted by molar-refractivity contribution is 6.09. The van der Waals surface area contributed by atoms with Gasteiger partial charge in [0.15, 0.2) is 5.78 Å². The zero-order chi connectivity index (χ0) is 23.8. The highest BCUT2D eigenvalue weighted by Gasteiger charge is 2.15. The van der Waals surface area contributed by atoms with Crippen LogP contribution in [0.1, 0.15) is 43.6 Å². The van der Waals surface area contributed by atoms with E-state index in [2.05, 4.69) is 0 Å². The molecule has 0 aliphatic carbocycles. The standard InChI is InChI=1S/C23H20O9/c1-13(24)29-18-6-7-21(23(12-18)32-16(4)27)22(28)8-5-17-9-19(30-14(2)25)11-20(10-17)31-15(3)26/h5-12H,1-4H3. The number of carbonyl (C=O) groups is 5. The number of ether oxygens (including phenoxy) is 4. The Hall–Kier alpha value is -4.27. The van der Waals surface area contributed by atoms with Gasteiger partial charge in [-0.1, -0.05) is 6.08 Å². The van der Waals surface area contributed by atoms with E-state index >= 15 is 0 Å². The van der Waals surface area contributed by atoms with E-state index in [4.69, 9.17) is 18.9 Å². The zero-order valence-electron chi connectivity index (χ0n) is 17.8. The van der Waals surface area contributed by atoms with Gasteiger partial charge in [0.05, 0.1) is 5.56 Å². The van der Waals surface area contributed by atoms with Crippen LogP contribution in [0.5, 0.6) is 23.0 Å². The molecule has 166 valence electrons. The van der Waals surface area contributed by atoms with Gasteiger partial charge in [-0.05, 0) is 35.9 Å². The van der Waals surface area contributed by atoms with Gasteiger partial charge in [-0.15, -0.1) is 0 Å². The van der Waals surface area contributed by atoms with Gasteiger partial charge in [0.2, 0.25) is 0 Å². The Bertz CT molecular complexity index is 1080. The topological polar surface area (TPSA) is 122 Å². The summed E-state index contributed by atoms with van der Waals surface area (Å²) in [5.41, 5.74) is 0.447. The molecule has 0 aliphatic heterocycles. The lowest BCUT2D eigenvalue weighted by molar-refractivity contribution is -0.133. The van der Waals surface area contributed by atoms with Crippen molar-refractivity contribution in [3.8, 4) is 23.0 Å². The van der Waals surface area contributed by atoms with Crippen molar-refractivity contribution in [2.45, 2.75) is 27.7 Å². The zero-order valence-corrected chi connectivity index (χ0v) is 17.8. The summed E-state index contributed by atoms with van der Waals surface area (Å²) in [7, 11) is 0. The number of ketones is 1. The van der Waals surface area contributed by atoms with Gasteiger partial charge in [-0.2, -0.15) is 0 Å². The second-order valence-corrected chi connectivity index (χ2v) is 6.47. The van der Waals surface area contributed by atoms with E-state index in [0.717, 1.165) is 0 Å². The van der Waals surface area contributed by atoms with Crippen LogP contribution in [-0.4, -0.2) is 29.7 Å². The summed E-state index contributed by atoms with van der Waals surface area (Å²) in [6, 6.07) is 8.28. The molecular weight excluding hydrogens is 420 g/mol. The lowest BCUT2D eigenvalue weighted by atomic mass is 10.1. The van der Waals surface area contributed by atoms with Gasteiger partial charge in [-0.3, -0.25) is 24.0 Å². The first-order chi connectivity index (χ1) is 15.0. The third-order valence-corrected chi connectivity index (χ3v) is 3.59. The second-order valence-electron chi connectivity index (χ2n) is 6.47. The van der Waals surface area contributed by atoms with Crippen LogP contribution in [0.3, 0.4) is 0 Å². The largest absolute Gasteiger partial charge is 0.427 e. The molecule has 9 heteroatoms. The average molecular weight is 440 g/mol. The maximum Gasteiger partial charge on any atom is 0.308 e. The number of esters is 4. The number of carbonyl (C=O) groups excluding carboxylic acids is 5. The van der Waals surface area contributed by atoms with Crippen LogP contribution in [0, 0.1) is 0 Å². The van der Waals surface area contributed by atoms with Crippen LogP contribution in [0.2, 0.25) is 0 Å². The van der Waals surface area contributed by atoms with Crippen molar-refractivity contribution in [3.63, 3.8) is 0 Å². The molecule has 0 aliphatic rings. The summed E-state index contributed by atoms with van der Waals surface area (Å²) in [5.74, 6) is -2.65. The molecule has 0 amide bonds. The van der Waals surface area contributed by atoms with E-state index < -0.39 is 29.7 Å². The van der Waals surface area contributed by atoms with E-state index in [-0.39, 0.29) is 28.6 Å². The molecule has 0 aromatic heterocycles. The van der Waals surface area contributed by atoms with Crippen molar-refractivity contribution in [1.82, 2.24) is 0 Å². The van der Waals surface area contributed by atoms with E-state index in [0.29, 0.717) is 5.56 Å². The molecule has 0 heterocycles. The van der Waals surface area contributed by atoms with Crippen molar-refractivity contribution in [2.24, 2.45) is 0 Å². The Balaban J connectivity index is 2.37. The quantitative estimate of drug-likeness (QED) is 0.276. The summed E-state index contributed by atoms with van der Waals surface area (Å²) in [6.07, 6.45) is 2.60. The summed E-state index contributed by atoms with van der Waals surface area (Å²) in [5, 5.41) is 0. The Morgan fingerprint density at radius 1 is 0.625 bits per heavy atom. The normalized spacial score (nSPS) is 10.4. The third kappa shape index (κ3) is 7.52. The maximum absolute atomic E-state index is 12.7. The third-order valence-electron chi connectivity index (χ3n) is 3.59. The Morgan fingerprint density at radius 2 is 1.12 bits per heavy atom. The fourth-order valence-electron chi connectivity index (χ4n) is 2.58. The van der Waals surface area contributed by atoms with Gasteiger partial charge in [0, 0.05) is 39.8 Å². The molecule has 2 aromatic carbocycles. The number of hydrogen-bond acceptors (Lipinski definition) is 9. The molecule has 0 unspecified atom stereocenters. The highest BCUT2D eigenvalue weighted by atomic mass is 16.6. The van der Waals surface area contributed by atoms with Crippen molar-refractivity contribution in [3.05, 3.63) is 53.6 Å². The summed E-state index contributed by atoms with van der Waals surface area (Å²) in [4.78, 5) is 57.8. The monoisotopic (exact) mass is 440 g/mol. The van der Waals surface area contributed by atoms with Crippen LogP contribution >= 0.6 is 0 Å². The first-order valence-corrected chi connectivity index (χ1v) is 9.28. The van der Waals surface area contributed by atoms with Gasteiger partial charge >= 0.3 is 23.9 Å². The molecule has 0 saturated heterocycles. The fourth-order valence-corrected chi connectivity index (χ4v) is 2.58. The number of benzene rings is 2. The first-order valence-electron chi connectivity index (χ1n) is 9.28. The van der Waals surface area contributed by atoms with Gasteiger partial charge in [-0.25, -0.2) is 0 Å². The van der Waals surface area contributed by atoms with Crippen molar-refractivity contribution < 1.29 is 42.9 Å². The molecular formula is C23H20O9. The SMILES string of the molecule is CC(=O)Oc1cc(C=CC(=O)c2ccc(OC(C)=O)cc2OC(C)=O)cc(OC(C)=O)c1. The summed E-state index contributed by atoms with van der Waals surface area (Å²) in [6.45, 7) is 4.81. The molecule has 0 N–H and O–H groups in total. The molecule has 9 nitrogen and oxygen atoms in total. The van der Waals surface area contributed by atoms with Gasteiger partial charge < -0.3 is 18.9 Å². The van der Waals surface area contributed by atoms with Crippen LogP contribution < -0.4 is 18.9 Å². The van der Waals surface area contributed by atoms with Crippen molar-refractivity contribution >= 4 is 35.7 Å². The predicted octanol–water partition coefficient (Wildman–Crippen LogP) is 3.28. The summed E-state index contributed by atoms with van der Waals surface area (Å²) < 4.78 is 20.1. The predicted molar refractivity (Wildman–Crippen MR) is 111 cm³/mol. The van der Waals surface area contributed by atoms with E-state index in [1.165, 1.54) is 76.2 Å². The summed E-state index contributed by atoms with van der Waals surface area (Å²) >= 11 is 0. The van der Waals surface area contributed by atoms with Crippen LogP contribution in [0.4, 0.5) is 0 Å². The van der Waals surface area contributed by atoms with E-state index in [9.17, 15) is 24.0 Å². The molecule has 0 spiro atoms. The van der Waals surface area contributed by atoms with Crippen molar-refractivity contribution in [1.29, 1.82) is 0 Å². The Labute approximate surface area is 183 Å². The first kappa shape index (κ1) is 24.0. The minimum atomic E-state index is -0.664. The highest BCUT2D eigenvalue weighted by Crippen LogP contribution is 2.28. The van der Waals surface area contributed by atoms with E-state index in [1.54, 1.807) is 0 Å². The molecule has 32 heavy (non-hydrogen) atoms. The van der Waals surface area contributed by atoms with E-state index in [1.807, 2.05) is 0 Å². The second kappa shape index (κ2) is 10.7. The van der Waals surface area contributed by atoms with Gasteiger partial charge in [0.1, 0.15) is 23.0 Å². The number of hydrogen-bond donors (Lipinski definition) is 0. The van der Waals surface area contributed by atoms with Crippen molar-refractivity contribution in [2.75, 3.05) is 0 Å². The van der Waals surface area contributed by atoms with Crippen LogP contribution in [0.15, 0.2) is 42.5 Å².